The zero-order valence-electron chi connectivity index (χ0n) is 6.05. The zero-order chi connectivity index (χ0) is 6.48. The monoisotopic (exact) mass is 127 g/mol. The van der Waals surface area contributed by atoms with Crippen LogP contribution in [0.1, 0.15) is 13.8 Å². The van der Waals surface area contributed by atoms with E-state index in [1.54, 1.807) is 0 Å². The van der Waals surface area contributed by atoms with Gasteiger partial charge in [0, 0.05) is 18.6 Å². The van der Waals surface area contributed by atoms with Gasteiger partial charge >= 0.3 is 0 Å². The first-order valence-electron chi connectivity index (χ1n) is 3.55. The van der Waals surface area contributed by atoms with E-state index in [-0.39, 0.29) is 0 Å². The summed E-state index contributed by atoms with van der Waals surface area (Å²) in [6, 6.07) is 0. The van der Waals surface area contributed by atoms with Crippen molar-refractivity contribution in [1.29, 1.82) is 0 Å². The molecule has 0 saturated carbocycles. The molecule has 2 rings (SSSR count). The summed E-state index contributed by atoms with van der Waals surface area (Å²) in [4.78, 5) is 2.45. The van der Waals surface area contributed by atoms with Gasteiger partial charge in [-0.2, -0.15) is 0 Å². The lowest BCUT2D eigenvalue weighted by molar-refractivity contribution is 0.344. The van der Waals surface area contributed by atoms with Crippen molar-refractivity contribution in [3.8, 4) is 0 Å². The Morgan fingerprint density at radius 2 is 2.22 bits per heavy atom. The number of ether oxygens (including phenoxy) is 1. The van der Waals surface area contributed by atoms with Crippen LogP contribution in [0.4, 0.5) is 0 Å². The number of rotatable bonds is 2. The molecule has 0 aliphatic carbocycles. The smallest absolute Gasteiger partial charge is 0.0936 e. The first kappa shape index (κ1) is 5.69. The fourth-order valence-corrected chi connectivity index (χ4v) is 1.16. The SMILES string of the molecule is CC1(C)CN1CC1CO1. The van der Waals surface area contributed by atoms with Crippen molar-refractivity contribution >= 4 is 0 Å². The van der Waals surface area contributed by atoms with Crippen LogP contribution in [0, 0.1) is 0 Å². The molecule has 0 amide bonds. The summed E-state index contributed by atoms with van der Waals surface area (Å²) in [6.07, 6.45) is 0.576. The molecule has 2 aliphatic rings. The Morgan fingerprint density at radius 1 is 1.67 bits per heavy atom. The van der Waals surface area contributed by atoms with Gasteiger partial charge in [-0.1, -0.05) is 0 Å². The second-order valence-corrected chi connectivity index (χ2v) is 3.65. The third-order valence-electron chi connectivity index (χ3n) is 2.16. The second kappa shape index (κ2) is 1.50. The third kappa shape index (κ3) is 1.10. The molecule has 2 saturated heterocycles. The average Bonchev–Trinajstić information content (AvgIpc) is 2.54. The van der Waals surface area contributed by atoms with Gasteiger partial charge in [0.25, 0.3) is 0 Å². The minimum Gasteiger partial charge on any atom is -0.372 e. The highest BCUT2D eigenvalue weighted by Crippen LogP contribution is 2.32. The molecule has 2 heteroatoms. The highest BCUT2D eigenvalue weighted by Gasteiger charge is 2.45. The van der Waals surface area contributed by atoms with Gasteiger partial charge in [-0.3, -0.25) is 4.90 Å². The standard InChI is InChI=1S/C7H13NO/c1-7(2)5-8(7)3-6-4-9-6/h6H,3-5H2,1-2H3. The van der Waals surface area contributed by atoms with Crippen molar-refractivity contribution < 1.29 is 4.74 Å². The van der Waals surface area contributed by atoms with E-state index in [0.717, 1.165) is 13.2 Å². The molecule has 2 unspecified atom stereocenters. The Balaban J connectivity index is 1.77. The maximum atomic E-state index is 5.11. The zero-order valence-corrected chi connectivity index (χ0v) is 6.05. The Kier molecular flexibility index (Phi) is 0.945. The molecule has 2 heterocycles. The van der Waals surface area contributed by atoms with Gasteiger partial charge in [0.2, 0.25) is 0 Å². The van der Waals surface area contributed by atoms with Crippen LogP contribution >= 0.6 is 0 Å². The highest BCUT2D eigenvalue weighted by atomic mass is 16.6. The summed E-state index contributed by atoms with van der Waals surface area (Å²) in [5.74, 6) is 0. The molecule has 2 aliphatic heterocycles. The lowest BCUT2D eigenvalue weighted by atomic mass is 10.2. The maximum absolute atomic E-state index is 5.11. The quantitative estimate of drug-likeness (QED) is 0.501. The number of hydrogen-bond acceptors (Lipinski definition) is 2. The Hall–Kier alpha value is -0.0800. The van der Waals surface area contributed by atoms with Gasteiger partial charge in [-0.05, 0) is 13.8 Å². The topological polar surface area (TPSA) is 15.5 Å². The van der Waals surface area contributed by atoms with Crippen LogP contribution in [-0.4, -0.2) is 36.2 Å². The molecule has 2 fully saturated rings. The van der Waals surface area contributed by atoms with Crippen molar-refractivity contribution in [2.75, 3.05) is 19.7 Å². The second-order valence-electron chi connectivity index (χ2n) is 3.65. The Morgan fingerprint density at radius 3 is 2.56 bits per heavy atom. The van der Waals surface area contributed by atoms with Gasteiger partial charge in [0.15, 0.2) is 0 Å². The summed E-state index contributed by atoms with van der Waals surface area (Å²) >= 11 is 0. The molecule has 2 atom stereocenters. The summed E-state index contributed by atoms with van der Waals surface area (Å²) < 4.78 is 5.11. The van der Waals surface area contributed by atoms with Crippen LogP contribution in [0.25, 0.3) is 0 Å². The first-order valence-corrected chi connectivity index (χ1v) is 3.55. The minimum atomic E-state index is 0.492. The van der Waals surface area contributed by atoms with E-state index in [9.17, 15) is 0 Å². The largest absolute Gasteiger partial charge is 0.372 e. The molecule has 0 radical (unpaired) electrons. The number of epoxide rings is 1. The van der Waals surface area contributed by atoms with Crippen LogP contribution in [0.2, 0.25) is 0 Å². The van der Waals surface area contributed by atoms with E-state index in [4.69, 9.17) is 4.74 Å². The molecule has 0 spiro atoms. The summed E-state index contributed by atoms with van der Waals surface area (Å²) in [7, 11) is 0. The molecule has 0 aromatic heterocycles. The molecular weight excluding hydrogens is 114 g/mol. The van der Waals surface area contributed by atoms with Crippen molar-refractivity contribution in [3.05, 3.63) is 0 Å². The van der Waals surface area contributed by atoms with E-state index >= 15 is 0 Å². The first-order chi connectivity index (χ1) is 4.18. The van der Waals surface area contributed by atoms with Crippen LogP contribution in [0.5, 0.6) is 0 Å². The molecular formula is C7H13NO. The number of hydrogen-bond donors (Lipinski definition) is 0. The lowest BCUT2D eigenvalue weighted by Gasteiger charge is -2.02. The Labute approximate surface area is 55.8 Å². The lowest BCUT2D eigenvalue weighted by Crippen LogP contribution is -2.14. The van der Waals surface area contributed by atoms with Gasteiger partial charge in [0.1, 0.15) is 0 Å². The van der Waals surface area contributed by atoms with Gasteiger partial charge in [0.05, 0.1) is 12.7 Å². The predicted octanol–water partition coefficient (Wildman–Crippen LogP) is 0.479. The van der Waals surface area contributed by atoms with E-state index in [1.807, 2.05) is 0 Å². The molecule has 0 aromatic carbocycles. The van der Waals surface area contributed by atoms with Crippen molar-refractivity contribution in [1.82, 2.24) is 4.90 Å². The Bertz CT molecular complexity index is 129. The highest BCUT2D eigenvalue weighted by molar-refractivity contribution is 5.01. The van der Waals surface area contributed by atoms with Crippen molar-refractivity contribution in [2.45, 2.75) is 25.5 Å². The molecule has 9 heavy (non-hydrogen) atoms. The fraction of sp³-hybridized carbons (Fsp3) is 1.00. The molecule has 2 nitrogen and oxygen atoms in total. The summed E-state index contributed by atoms with van der Waals surface area (Å²) in [5, 5.41) is 0. The normalized spacial score (nSPS) is 44.7. The molecule has 0 aromatic rings. The fourth-order valence-electron chi connectivity index (χ4n) is 1.16. The van der Waals surface area contributed by atoms with Crippen LogP contribution in [-0.2, 0) is 4.74 Å². The minimum absolute atomic E-state index is 0.492. The van der Waals surface area contributed by atoms with E-state index in [2.05, 4.69) is 18.7 Å². The van der Waals surface area contributed by atoms with E-state index < -0.39 is 0 Å². The van der Waals surface area contributed by atoms with Gasteiger partial charge in [-0.25, -0.2) is 0 Å². The van der Waals surface area contributed by atoms with E-state index in [1.165, 1.54) is 6.54 Å². The predicted molar refractivity (Wildman–Crippen MR) is 35.4 cm³/mol. The van der Waals surface area contributed by atoms with Crippen LogP contribution < -0.4 is 0 Å². The van der Waals surface area contributed by atoms with Crippen LogP contribution in [0.3, 0.4) is 0 Å². The van der Waals surface area contributed by atoms with Gasteiger partial charge < -0.3 is 4.74 Å². The summed E-state index contributed by atoms with van der Waals surface area (Å²) in [5.41, 5.74) is 0.492. The average molecular weight is 127 g/mol. The van der Waals surface area contributed by atoms with Crippen LogP contribution in [0.15, 0.2) is 0 Å². The third-order valence-corrected chi connectivity index (χ3v) is 2.16. The summed E-state index contributed by atoms with van der Waals surface area (Å²) in [6.45, 7) is 7.96. The van der Waals surface area contributed by atoms with Crippen molar-refractivity contribution in [3.63, 3.8) is 0 Å². The molecule has 52 valence electrons. The number of nitrogens with zero attached hydrogens (tertiary/aromatic N) is 1. The molecule has 0 bridgehead atoms. The van der Waals surface area contributed by atoms with E-state index in [0.29, 0.717) is 11.6 Å². The maximum Gasteiger partial charge on any atom is 0.0936 e. The molecule has 0 N–H and O–H groups in total. The van der Waals surface area contributed by atoms with Crippen molar-refractivity contribution in [2.24, 2.45) is 0 Å². The van der Waals surface area contributed by atoms with Gasteiger partial charge in [-0.15, -0.1) is 0 Å².